The molecule has 0 bridgehead atoms. The molecule has 0 atom stereocenters. The first-order valence-corrected chi connectivity index (χ1v) is 13.5. The highest BCUT2D eigenvalue weighted by Crippen LogP contribution is 2.27. The molecule has 1 heterocycles. The second-order valence-electron chi connectivity index (χ2n) is 8.70. The second kappa shape index (κ2) is 11.5. The molecular weight excluding hydrogens is 460 g/mol. The number of nitrogens with zero attached hydrogens (tertiary/aromatic N) is 1. The molecule has 1 fully saturated rings. The van der Waals surface area contributed by atoms with E-state index in [1.807, 2.05) is 43.3 Å². The van der Waals surface area contributed by atoms with Crippen molar-refractivity contribution in [1.82, 2.24) is 9.62 Å². The van der Waals surface area contributed by atoms with Crippen LogP contribution in [0.25, 0.3) is 0 Å². The van der Waals surface area contributed by atoms with Crippen LogP contribution in [-0.4, -0.2) is 44.9 Å². The Hall–Kier alpha value is -3.16. The van der Waals surface area contributed by atoms with E-state index in [2.05, 4.69) is 29.6 Å². The van der Waals surface area contributed by atoms with Gasteiger partial charge in [0.2, 0.25) is 15.9 Å². The van der Waals surface area contributed by atoms with E-state index < -0.39 is 10.0 Å². The number of carbonyl (C=O) groups is 1. The van der Waals surface area contributed by atoms with Gasteiger partial charge in [-0.2, -0.15) is 4.31 Å². The van der Waals surface area contributed by atoms with Gasteiger partial charge in [-0.15, -0.1) is 0 Å². The van der Waals surface area contributed by atoms with Gasteiger partial charge in [-0.25, -0.2) is 8.42 Å². The Balaban J connectivity index is 1.35. The second-order valence-corrected chi connectivity index (χ2v) is 10.6. The van der Waals surface area contributed by atoms with Gasteiger partial charge in [-0.05, 0) is 55.2 Å². The van der Waals surface area contributed by atoms with Crippen molar-refractivity contribution in [3.63, 3.8) is 0 Å². The van der Waals surface area contributed by atoms with E-state index in [-0.39, 0.29) is 22.6 Å². The highest BCUT2D eigenvalue weighted by atomic mass is 32.2. The zero-order valence-corrected chi connectivity index (χ0v) is 20.8. The van der Waals surface area contributed by atoms with Gasteiger partial charge in [0.15, 0.2) is 0 Å². The third kappa shape index (κ3) is 6.10. The Morgan fingerprint density at radius 2 is 1.46 bits per heavy atom. The smallest absolute Gasteiger partial charge is 0.243 e. The molecule has 184 valence electrons. The number of rotatable bonds is 9. The lowest BCUT2D eigenvalue weighted by atomic mass is 9.90. The first-order chi connectivity index (χ1) is 17.0. The fourth-order valence-electron chi connectivity index (χ4n) is 4.53. The summed E-state index contributed by atoms with van der Waals surface area (Å²) in [4.78, 5) is 13.2. The van der Waals surface area contributed by atoms with E-state index in [0.717, 1.165) is 11.1 Å². The van der Waals surface area contributed by atoms with Gasteiger partial charge in [0.25, 0.3) is 0 Å². The third-order valence-electron chi connectivity index (χ3n) is 6.48. The molecule has 4 rings (SSSR count). The summed E-state index contributed by atoms with van der Waals surface area (Å²) in [5.41, 5.74) is 2.30. The molecule has 35 heavy (non-hydrogen) atoms. The predicted molar refractivity (Wildman–Crippen MR) is 137 cm³/mol. The largest absolute Gasteiger partial charge is 0.494 e. The predicted octanol–water partition coefficient (Wildman–Crippen LogP) is 4.43. The van der Waals surface area contributed by atoms with Crippen molar-refractivity contribution >= 4 is 15.9 Å². The number of hydrogen-bond donors (Lipinski definition) is 1. The maximum atomic E-state index is 13.0. The molecule has 0 spiro atoms. The minimum atomic E-state index is -3.59. The minimum Gasteiger partial charge on any atom is -0.494 e. The van der Waals surface area contributed by atoms with Crippen LogP contribution in [0.5, 0.6) is 5.75 Å². The first-order valence-electron chi connectivity index (χ1n) is 12.1. The van der Waals surface area contributed by atoms with Crippen molar-refractivity contribution in [2.75, 3.05) is 26.2 Å². The summed E-state index contributed by atoms with van der Waals surface area (Å²) in [5, 5.41) is 3.13. The summed E-state index contributed by atoms with van der Waals surface area (Å²) in [5.74, 6) is 0.488. The summed E-state index contributed by atoms with van der Waals surface area (Å²) >= 11 is 0. The standard InChI is InChI=1S/C28H32N2O4S/c1-2-34-25-13-15-26(16-14-25)35(32,33)30-19-17-24(18-20-30)28(31)29-21-27(22-9-5-3-6-10-22)23-11-7-4-8-12-23/h3-16,24,27H,2,17-21H2,1H3,(H,29,31). The Morgan fingerprint density at radius 1 is 0.914 bits per heavy atom. The number of sulfonamides is 1. The molecule has 0 unspecified atom stereocenters. The lowest BCUT2D eigenvalue weighted by Crippen LogP contribution is -2.43. The molecule has 3 aromatic carbocycles. The Kier molecular flexibility index (Phi) is 8.21. The quantitative estimate of drug-likeness (QED) is 0.479. The van der Waals surface area contributed by atoms with E-state index in [4.69, 9.17) is 4.74 Å². The Morgan fingerprint density at radius 3 is 1.97 bits per heavy atom. The lowest BCUT2D eigenvalue weighted by Gasteiger charge is -2.31. The number of ether oxygens (including phenoxy) is 1. The van der Waals surface area contributed by atoms with Crippen molar-refractivity contribution in [3.05, 3.63) is 96.1 Å². The fourth-order valence-corrected chi connectivity index (χ4v) is 6.00. The number of hydrogen-bond acceptors (Lipinski definition) is 4. The normalized spacial score (nSPS) is 15.1. The first kappa shape index (κ1) is 24.9. The summed E-state index contributed by atoms with van der Waals surface area (Å²) in [7, 11) is -3.59. The topological polar surface area (TPSA) is 75.7 Å². The van der Waals surface area contributed by atoms with Crippen molar-refractivity contribution in [1.29, 1.82) is 0 Å². The van der Waals surface area contributed by atoms with Gasteiger partial charge in [-0.1, -0.05) is 60.7 Å². The maximum Gasteiger partial charge on any atom is 0.243 e. The zero-order valence-electron chi connectivity index (χ0n) is 20.0. The number of piperidine rings is 1. The fraction of sp³-hybridized carbons (Fsp3) is 0.321. The molecule has 1 aliphatic heterocycles. The van der Waals surface area contributed by atoms with Crippen molar-refractivity contribution in [2.24, 2.45) is 5.92 Å². The van der Waals surface area contributed by atoms with Gasteiger partial charge in [0, 0.05) is 31.5 Å². The average molecular weight is 493 g/mol. The van der Waals surface area contributed by atoms with Gasteiger partial charge in [0.05, 0.1) is 11.5 Å². The molecule has 1 amide bonds. The monoisotopic (exact) mass is 492 g/mol. The van der Waals surface area contributed by atoms with Crippen molar-refractivity contribution in [3.8, 4) is 5.75 Å². The van der Waals surface area contributed by atoms with Gasteiger partial charge < -0.3 is 10.1 Å². The van der Waals surface area contributed by atoms with Crippen LogP contribution in [0.15, 0.2) is 89.8 Å². The lowest BCUT2D eigenvalue weighted by molar-refractivity contribution is -0.126. The summed E-state index contributed by atoms with van der Waals surface area (Å²) < 4.78 is 33.0. The van der Waals surface area contributed by atoms with Gasteiger partial charge in [-0.3, -0.25) is 4.79 Å². The molecule has 0 saturated carbocycles. The van der Waals surface area contributed by atoms with Gasteiger partial charge >= 0.3 is 0 Å². The Bertz CT molecular complexity index is 1150. The molecule has 7 heteroatoms. The molecule has 0 aromatic heterocycles. The van der Waals surface area contributed by atoms with Crippen molar-refractivity contribution in [2.45, 2.75) is 30.6 Å². The summed E-state index contributed by atoms with van der Waals surface area (Å²) in [6, 6.07) is 26.8. The van der Waals surface area contributed by atoms with Crippen molar-refractivity contribution < 1.29 is 17.9 Å². The van der Waals surface area contributed by atoms with E-state index in [1.165, 1.54) is 4.31 Å². The van der Waals surface area contributed by atoms with Crippen LogP contribution >= 0.6 is 0 Å². The molecule has 3 aromatic rings. The highest BCUT2D eigenvalue weighted by Gasteiger charge is 2.32. The number of nitrogens with one attached hydrogen (secondary N) is 1. The van der Waals surface area contributed by atoms with Crippen LogP contribution in [0.3, 0.4) is 0 Å². The molecule has 6 nitrogen and oxygen atoms in total. The Labute approximate surface area is 208 Å². The molecule has 1 N–H and O–H groups in total. The minimum absolute atomic E-state index is 0.0139. The van der Waals surface area contributed by atoms with Crippen LogP contribution in [-0.2, 0) is 14.8 Å². The van der Waals surface area contributed by atoms with Crippen LogP contribution < -0.4 is 10.1 Å². The average Bonchev–Trinajstić information content (AvgIpc) is 2.90. The van der Waals surface area contributed by atoms with E-state index in [1.54, 1.807) is 24.3 Å². The number of benzene rings is 3. The molecule has 1 aliphatic rings. The summed E-state index contributed by atoms with van der Waals surface area (Å²) in [6.45, 7) is 3.56. The third-order valence-corrected chi connectivity index (χ3v) is 8.39. The zero-order chi connectivity index (χ0) is 24.7. The number of carbonyl (C=O) groups excluding carboxylic acids is 1. The van der Waals surface area contributed by atoms with Crippen LogP contribution in [0, 0.1) is 5.92 Å². The van der Waals surface area contributed by atoms with E-state index >= 15 is 0 Å². The number of amides is 1. The van der Waals surface area contributed by atoms with Crippen LogP contribution in [0.2, 0.25) is 0 Å². The van der Waals surface area contributed by atoms with Crippen LogP contribution in [0.4, 0.5) is 0 Å². The highest BCUT2D eigenvalue weighted by molar-refractivity contribution is 7.89. The molecular formula is C28H32N2O4S. The molecule has 0 radical (unpaired) electrons. The SMILES string of the molecule is CCOc1ccc(S(=O)(=O)N2CCC(C(=O)NCC(c3ccccc3)c3ccccc3)CC2)cc1. The van der Waals surface area contributed by atoms with E-state index in [0.29, 0.717) is 44.8 Å². The maximum absolute atomic E-state index is 13.0. The van der Waals surface area contributed by atoms with Gasteiger partial charge in [0.1, 0.15) is 5.75 Å². The van der Waals surface area contributed by atoms with E-state index in [9.17, 15) is 13.2 Å². The van der Waals surface area contributed by atoms with Crippen LogP contribution in [0.1, 0.15) is 36.8 Å². The molecule has 0 aliphatic carbocycles. The molecule has 1 saturated heterocycles. The summed E-state index contributed by atoms with van der Waals surface area (Å²) in [6.07, 6.45) is 1.01.